The Bertz CT molecular complexity index is 373. The molecule has 0 aliphatic carbocycles. The van der Waals surface area contributed by atoms with E-state index in [1.807, 2.05) is 0 Å². The Balaban J connectivity index is 2.04. The van der Waals surface area contributed by atoms with Crippen molar-refractivity contribution < 1.29 is 0 Å². The van der Waals surface area contributed by atoms with E-state index in [0.717, 1.165) is 19.4 Å². The third-order valence-corrected chi connectivity index (χ3v) is 3.57. The van der Waals surface area contributed by atoms with Crippen molar-refractivity contribution in [2.45, 2.75) is 31.8 Å². The van der Waals surface area contributed by atoms with E-state index >= 15 is 0 Å². The summed E-state index contributed by atoms with van der Waals surface area (Å²) in [5.41, 5.74) is 10.4. The summed E-state index contributed by atoms with van der Waals surface area (Å²) in [7, 11) is 0. The van der Waals surface area contributed by atoms with Gasteiger partial charge >= 0.3 is 0 Å². The smallest absolute Gasteiger partial charge is 0.0482 e. The van der Waals surface area contributed by atoms with Gasteiger partial charge in [0, 0.05) is 24.3 Å². The van der Waals surface area contributed by atoms with Crippen LogP contribution in [0.3, 0.4) is 0 Å². The monoisotopic (exact) mass is 188 g/mol. The second kappa shape index (κ2) is 2.74. The van der Waals surface area contributed by atoms with Crippen LogP contribution < -0.4 is 10.6 Å². The summed E-state index contributed by atoms with van der Waals surface area (Å²) in [4.78, 5) is 2.49. The van der Waals surface area contributed by atoms with Crippen molar-refractivity contribution >= 4 is 5.69 Å². The van der Waals surface area contributed by atoms with E-state index in [0.29, 0.717) is 12.1 Å². The Morgan fingerprint density at radius 2 is 2.29 bits per heavy atom. The van der Waals surface area contributed by atoms with E-state index in [1.165, 1.54) is 16.8 Å². The molecular weight excluding hydrogens is 172 g/mol. The van der Waals surface area contributed by atoms with E-state index in [9.17, 15) is 0 Å². The standard InChI is InChI=1S/C12H16N2/c1-8-2-3-11-9(6-8)7-12-10(13)4-5-14(11)12/h2-3,6,10,12H,4-5,7,13H2,1H3. The second-order valence-electron chi connectivity index (χ2n) is 4.55. The minimum atomic E-state index is 0.378. The number of rotatable bonds is 0. The van der Waals surface area contributed by atoms with Crippen molar-refractivity contribution in [2.75, 3.05) is 11.4 Å². The van der Waals surface area contributed by atoms with Gasteiger partial charge in [0.05, 0.1) is 0 Å². The molecule has 2 nitrogen and oxygen atoms in total. The predicted molar refractivity (Wildman–Crippen MR) is 58.6 cm³/mol. The molecule has 0 aromatic heterocycles. The van der Waals surface area contributed by atoms with Crippen molar-refractivity contribution in [1.82, 2.24) is 0 Å². The van der Waals surface area contributed by atoms with Crippen LogP contribution >= 0.6 is 0 Å². The Kier molecular flexibility index (Phi) is 1.62. The number of aryl methyl sites for hydroxylation is 1. The summed E-state index contributed by atoms with van der Waals surface area (Å²) < 4.78 is 0. The van der Waals surface area contributed by atoms with Crippen LogP contribution in [0.5, 0.6) is 0 Å². The molecule has 0 radical (unpaired) electrons. The van der Waals surface area contributed by atoms with E-state index in [-0.39, 0.29) is 0 Å². The van der Waals surface area contributed by atoms with E-state index in [4.69, 9.17) is 5.73 Å². The highest BCUT2D eigenvalue weighted by atomic mass is 15.2. The van der Waals surface area contributed by atoms with Crippen LogP contribution in [-0.2, 0) is 6.42 Å². The van der Waals surface area contributed by atoms with Gasteiger partial charge in [-0.3, -0.25) is 0 Å². The van der Waals surface area contributed by atoms with Gasteiger partial charge in [-0.1, -0.05) is 17.7 Å². The first kappa shape index (κ1) is 8.30. The van der Waals surface area contributed by atoms with Crippen LogP contribution in [0.1, 0.15) is 17.5 Å². The van der Waals surface area contributed by atoms with Gasteiger partial charge < -0.3 is 10.6 Å². The maximum atomic E-state index is 6.10. The van der Waals surface area contributed by atoms with Crippen LogP contribution in [0.2, 0.25) is 0 Å². The molecule has 74 valence electrons. The lowest BCUT2D eigenvalue weighted by Gasteiger charge is -2.20. The summed E-state index contributed by atoms with van der Waals surface area (Å²) in [6.07, 6.45) is 2.30. The fourth-order valence-electron chi connectivity index (χ4n) is 2.82. The van der Waals surface area contributed by atoms with Crippen molar-refractivity contribution in [3.8, 4) is 0 Å². The molecule has 3 rings (SSSR count). The Morgan fingerprint density at radius 3 is 3.14 bits per heavy atom. The van der Waals surface area contributed by atoms with Crippen molar-refractivity contribution in [1.29, 1.82) is 0 Å². The molecule has 2 aliphatic rings. The highest BCUT2D eigenvalue weighted by molar-refractivity contribution is 5.61. The SMILES string of the molecule is Cc1ccc2c(c1)CC1C(N)CCN21. The molecular formula is C12H16N2. The fourth-order valence-corrected chi connectivity index (χ4v) is 2.82. The normalized spacial score (nSPS) is 29.1. The van der Waals surface area contributed by atoms with Crippen molar-refractivity contribution in [2.24, 2.45) is 5.73 Å². The molecule has 0 bridgehead atoms. The molecule has 0 spiro atoms. The number of hydrogen-bond donors (Lipinski definition) is 1. The van der Waals surface area contributed by atoms with Crippen LogP contribution in [-0.4, -0.2) is 18.6 Å². The predicted octanol–water partition coefficient (Wildman–Crippen LogP) is 1.46. The highest BCUT2D eigenvalue weighted by Crippen LogP contribution is 2.37. The number of hydrogen-bond acceptors (Lipinski definition) is 2. The average molecular weight is 188 g/mol. The lowest BCUT2D eigenvalue weighted by Crippen LogP contribution is -2.36. The number of nitrogens with two attached hydrogens (primary N) is 1. The molecule has 0 amide bonds. The van der Waals surface area contributed by atoms with Crippen molar-refractivity contribution in [3.05, 3.63) is 29.3 Å². The van der Waals surface area contributed by atoms with Gasteiger partial charge in [-0.15, -0.1) is 0 Å². The van der Waals surface area contributed by atoms with Gasteiger partial charge in [-0.25, -0.2) is 0 Å². The molecule has 2 aliphatic heterocycles. The molecule has 0 saturated carbocycles. The van der Waals surface area contributed by atoms with Gasteiger partial charge in [0.15, 0.2) is 0 Å². The van der Waals surface area contributed by atoms with Crippen LogP contribution in [0.25, 0.3) is 0 Å². The number of benzene rings is 1. The van der Waals surface area contributed by atoms with E-state index < -0.39 is 0 Å². The first-order chi connectivity index (χ1) is 6.75. The molecule has 2 atom stereocenters. The molecule has 1 aromatic rings. The molecule has 1 aromatic carbocycles. The summed E-state index contributed by atoms with van der Waals surface area (Å²) in [6, 6.07) is 7.71. The average Bonchev–Trinajstić information content (AvgIpc) is 2.66. The number of fused-ring (bicyclic) bond motifs is 3. The zero-order valence-corrected chi connectivity index (χ0v) is 8.53. The largest absolute Gasteiger partial charge is 0.366 e. The van der Waals surface area contributed by atoms with Crippen LogP contribution in [0, 0.1) is 6.92 Å². The lowest BCUT2D eigenvalue weighted by molar-refractivity contribution is 0.600. The van der Waals surface area contributed by atoms with Crippen LogP contribution in [0.4, 0.5) is 5.69 Å². The van der Waals surface area contributed by atoms with Gasteiger partial charge in [0.1, 0.15) is 0 Å². The third-order valence-electron chi connectivity index (χ3n) is 3.57. The first-order valence-electron chi connectivity index (χ1n) is 5.37. The Morgan fingerprint density at radius 1 is 1.43 bits per heavy atom. The zero-order chi connectivity index (χ0) is 9.71. The third kappa shape index (κ3) is 1.01. The Labute approximate surface area is 84.7 Å². The maximum Gasteiger partial charge on any atom is 0.0482 e. The van der Waals surface area contributed by atoms with Gasteiger partial charge in [-0.2, -0.15) is 0 Å². The summed E-state index contributed by atoms with van der Waals surface area (Å²) >= 11 is 0. The molecule has 2 N–H and O–H groups in total. The lowest BCUT2D eigenvalue weighted by atomic mass is 10.0. The Hall–Kier alpha value is -1.02. The summed E-state index contributed by atoms with van der Waals surface area (Å²) in [5, 5.41) is 0. The minimum absolute atomic E-state index is 0.378. The summed E-state index contributed by atoms with van der Waals surface area (Å²) in [5.74, 6) is 0. The molecule has 14 heavy (non-hydrogen) atoms. The number of nitrogens with zero attached hydrogens (tertiary/aromatic N) is 1. The molecule has 1 fully saturated rings. The van der Waals surface area contributed by atoms with E-state index in [1.54, 1.807) is 0 Å². The molecule has 2 unspecified atom stereocenters. The minimum Gasteiger partial charge on any atom is -0.366 e. The summed E-state index contributed by atoms with van der Waals surface area (Å²) in [6.45, 7) is 3.30. The zero-order valence-electron chi connectivity index (χ0n) is 8.53. The topological polar surface area (TPSA) is 29.3 Å². The van der Waals surface area contributed by atoms with Crippen LogP contribution in [0.15, 0.2) is 18.2 Å². The van der Waals surface area contributed by atoms with Gasteiger partial charge in [-0.05, 0) is 31.4 Å². The second-order valence-corrected chi connectivity index (χ2v) is 4.55. The van der Waals surface area contributed by atoms with Crippen molar-refractivity contribution in [3.63, 3.8) is 0 Å². The van der Waals surface area contributed by atoms with Gasteiger partial charge in [0.2, 0.25) is 0 Å². The van der Waals surface area contributed by atoms with Gasteiger partial charge in [0.25, 0.3) is 0 Å². The molecule has 2 heterocycles. The highest BCUT2D eigenvalue weighted by Gasteiger charge is 2.37. The fraction of sp³-hybridized carbons (Fsp3) is 0.500. The van der Waals surface area contributed by atoms with E-state index in [2.05, 4.69) is 30.0 Å². The molecule has 2 heteroatoms. The first-order valence-corrected chi connectivity index (χ1v) is 5.37. The quantitative estimate of drug-likeness (QED) is 0.668. The maximum absolute atomic E-state index is 6.10. The molecule has 1 saturated heterocycles. The number of anilines is 1.